The van der Waals surface area contributed by atoms with E-state index in [1.807, 2.05) is 19.1 Å². The fourth-order valence-electron chi connectivity index (χ4n) is 1.62. The van der Waals surface area contributed by atoms with Crippen LogP contribution in [0.5, 0.6) is 11.5 Å². The van der Waals surface area contributed by atoms with Crippen molar-refractivity contribution in [3.8, 4) is 11.5 Å². The number of rotatable bonds is 3. The molecule has 0 fully saturated rings. The molecule has 2 aromatic carbocycles. The Morgan fingerprint density at radius 2 is 1.83 bits per heavy atom. The molecule has 3 N–H and O–H groups in total. The van der Waals surface area contributed by atoms with Gasteiger partial charge in [0.15, 0.2) is 0 Å². The molecule has 0 aliphatic heterocycles. The third kappa shape index (κ3) is 2.63. The summed E-state index contributed by atoms with van der Waals surface area (Å²) in [6.45, 7) is 1.91. The zero-order chi connectivity index (χ0) is 13.1. The summed E-state index contributed by atoms with van der Waals surface area (Å²) in [6, 6.07) is 12.6. The van der Waals surface area contributed by atoms with Crippen LogP contribution in [-0.2, 0) is 0 Å². The molecule has 0 saturated heterocycles. The number of hydrogen-bond donors (Lipinski definition) is 2. The number of nitrogens with two attached hydrogens (primary N) is 1. The van der Waals surface area contributed by atoms with E-state index in [9.17, 15) is 0 Å². The van der Waals surface area contributed by atoms with Crippen LogP contribution in [0.2, 0.25) is 5.02 Å². The van der Waals surface area contributed by atoms with E-state index in [1.54, 1.807) is 30.3 Å². The van der Waals surface area contributed by atoms with Crippen LogP contribution in [0.1, 0.15) is 11.1 Å². The quantitative estimate of drug-likeness (QED) is 0.653. The minimum Gasteiger partial charge on any atom is -0.456 e. The van der Waals surface area contributed by atoms with Gasteiger partial charge in [0.05, 0.1) is 5.56 Å². The number of hydrogen-bond acceptors (Lipinski definition) is 2. The maximum atomic E-state index is 7.55. The van der Waals surface area contributed by atoms with Gasteiger partial charge in [-0.1, -0.05) is 23.7 Å². The SMILES string of the molecule is Cc1cccc(C(=N)N)c1Oc1ccc(Cl)cc1. The van der Waals surface area contributed by atoms with Gasteiger partial charge in [-0.2, -0.15) is 0 Å². The van der Waals surface area contributed by atoms with Crippen molar-refractivity contribution in [3.05, 3.63) is 58.6 Å². The van der Waals surface area contributed by atoms with Gasteiger partial charge in [0.1, 0.15) is 17.3 Å². The predicted octanol–water partition coefficient (Wildman–Crippen LogP) is 3.72. The molecule has 0 bridgehead atoms. The van der Waals surface area contributed by atoms with E-state index in [0.717, 1.165) is 5.56 Å². The van der Waals surface area contributed by atoms with E-state index < -0.39 is 0 Å². The Bertz CT molecular complexity index is 579. The number of nitrogens with one attached hydrogen (secondary N) is 1. The topological polar surface area (TPSA) is 59.1 Å². The molecule has 18 heavy (non-hydrogen) atoms. The molecule has 0 aromatic heterocycles. The van der Waals surface area contributed by atoms with Gasteiger partial charge in [0, 0.05) is 5.02 Å². The summed E-state index contributed by atoms with van der Waals surface area (Å²) in [6.07, 6.45) is 0. The standard InChI is InChI=1S/C14H13ClN2O/c1-9-3-2-4-12(14(16)17)13(9)18-11-7-5-10(15)6-8-11/h2-8H,1H3,(H3,16,17). The first-order valence-corrected chi connectivity index (χ1v) is 5.83. The number of halogens is 1. The molecule has 92 valence electrons. The number of benzene rings is 2. The van der Waals surface area contributed by atoms with Crippen LogP contribution in [0.25, 0.3) is 0 Å². The number of amidine groups is 1. The van der Waals surface area contributed by atoms with Gasteiger partial charge in [-0.25, -0.2) is 0 Å². The average Bonchev–Trinajstić information content (AvgIpc) is 2.34. The highest BCUT2D eigenvalue weighted by Crippen LogP contribution is 2.29. The lowest BCUT2D eigenvalue weighted by Crippen LogP contribution is -2.12. The molecular formula is C14H13ClN2O. The predicted molar refractivity (Wildman–Crippen MR) is 73.7 cm³/mol. The van der Waals surface area contributed by atoms with Gasteiger partial charge >= 0.3 is 0 Å². The van der Waals surface area contributed by atoms with Crippen molar-refractivity contribution in [1.82, 2.24) is 0 Å². The molecule has 2 rings (SSSR count). The summed E-state index contributed by atoms with van der Waals surface area (Å²) in [7, 11) is 0. The molecular weight excluding hydrogens is 248 g/mol. The van der Waals surface area contributed by atoms with Crippen LogP contribution in [0, 0.1) is 12.3 Å². The van der Waals surface area contributed by atoms with E-state index in [-0.39, 0.29) is 5.84 Å². The Morgan fingerprint density at radius 3 is 2.44 bits per heavy atom. The van der Waals surface area contributed by atoms with E-state index in [1.165, 1.54) is 0 Å². The van der Waals surface area contributed by atoms with Crippen LogP contribution in [-0.4, -0.2) is 5.84 Å². The summed E-state index contributed by atoms with van der Waals surface area (Å²) in [5.74, 6) is 1.26. The summed E-state index contributed by atoms with van der Waals surface area (Å²) in [4.78, 5) is 0. The van der Waals surface area contributed by atoms with Crippen molar-refractivity contribution in [2.24, 2.45) is 5.73 Å². The second-order valence-electron chi connectivity index (χ2n) is 3.92. The minimum atomic E-state index is -0.0114. The molecule has 0 saturated carbocycles. The van der Waals surface area contributed by atoms with Crippen molar-refractivity contribution in [1.29, 1.82) is 5.41 Å². The zero-order valence-corrected chi connectivity index (χ0v) is 10.7. The number of para-hydroxylation sites is 1. The van der Waals surface area contributed by atoms with Crippen molar-refractivity contribution in [2.75, 3.05) is 0 Å². The van der Waals surface area contributed by atoms with Crippen LogP contribution < -0.4 is 10.5 Å². The highest BCUT2D eigenvalue weighted by molar-refractivity contribution is 6.30. The Labute approximate surface area is 111 Å². The van der Waals surface area contributed by atoms with E-state index in [4.69, 9.17) is 27.5 Å². The van der Waals surface area contributed by atoms with Gasteiger partial charge in [-0.05, 0) is 42.8 Å². The lowest BCUT2D eigenvalue weighted by Gasteiger charge is -2.12. The summed E-state index contributed by atoms with van der Waals surface area (Å²) in [5.41, 5.74) is 7.06. The third-order valence-corrected chi connectivity index (χ3v) is 2.79. The fraction of sp³-hybridized carbons (Fsp3) is 0.0714. The van der Waals surface area contributed by atoms with E-state index in [2.05, 4.69) is 0 Å². The minimum absolute atomic E-state index is 0.0114. The molecule has 0 spiro atoms. The first-order chi connectivity index (χ1) is 8.58. The summed E-state index contributed by atoms with van der Waals surface area (Å²) >= 11 is 5.82. The van der Waals surface area contributed by atoms with Crippen LogP contribution >= 0.6 is 11.6 Å². The third-order valence-electron chi connectivity index (χ3n) is 2.54. The van der Waals surface area contributed by atoms with Gasteiger partial charge in [-0.15, -0.1) is 0 Å². The Balaban J connectivity index is 2.39. The number of nitrogen functional groups attached to an aromatic ring is 1. The number of ether oxygens (including phenoxy) is 1. The van der Waals surface area contributed by atoms with Gasteiger partial charge in [0.25, 0.3) is 0 Å². The second-order valence-corrected chi connectivity index (χ2v) is 4.36. The van der Waals surface area contributed by atoms with Crippen molar-refractivity contribution < 1.29 is 4.74 Å². The normalized spacial score (nSPS) is 10.1. The summed E-state index contributed by atoms with van der Waals surface area (Å²) in [5, 5.41) is 8.20. The lowest BCUT2D eigenvalue weighted by atomic mass is 10.1. The Kier molecular flexibility index (Phi) is 3.53. The summed E-state index contributed by atoms with van der Waals surface area (Å²) < 4.78 is 5.78. The Hall–Kier alpha value is -2.00. The van der Waals surface area contributed by atoms with Crippen molar-refractivity contribution in [3.63, 3.8) is 0 Å². The lowest BCUT2D eigenvalue weighted by molar-refractivity contribution is 0.478. The molecule has 3 nitrogen and oxygen atoms in total. The van der Waals surface area contributed by atoms with Crippen molar-refractivity contribution >= 4 is 17.4 Å². The average molecular weight is 261 g/mol. The molecule has 0 aliphatic rings. The first kappa shape index (κ1) is 12.5. The largest absolute Gasteiger partial charge is 0.456 e. The molecule has 0 amide bonds. The number of aryl methyl sites for hydroxylation is 1. The molecule has 0 heterocycles. The van der Waals surface area contributed by atoms with Crippen LogP contribution in [0.15, 0.2) is 42.5 Å². The monoisotopic (exact) mass is 260 g/mol. The van der Waals surface area contributed by atoms with Crippen LogP contribution in [0.4, 0.5) is 0 Å². The molecule has 4 heteroatoms. The van der Waals surface area contributed by atoms with Gasteiger partial charge < -0.3 is 10.5 Å². The molecule has 0 radical (unpaired) electrons. The van der Waals surface area contributed by atoms with Crippen molar-refractivity contribution in [2.45, 2.75) is 6.92 Å². The van der Waals surface area contributed by atoms with E-state index in [0.29, 0.717) is 22.1 Å². The maximum absolute atomic E-state index is 7.55. The highest BCUT2D eigenvalue weighted by atomic mass is 35.5. The Morgan fingerprint density at radius 1 is 1.17 bits per heavy atom. The molecule has 0 atom stereocenters. The maximum Gasteiger partial charge on any atom is 0.141 e. The zero-order valence-electron chi connectivity index (χ0n) is 9.91. The fourth-order valence-corrected chi connectivity index (χ4v) is 1.75. The first-order valence-electron chi connectivity index (χ1n) is 5.45. The molecule has 2 aromatic rings. The van der Waals surface area contributed by atoms with Gasteiger partial charge in [0.2, 0.25) is 0 Å². The molecule has 0 aliphatic carbocycles. The van der Waals surface area contributed by atoms with E-state index >= 15 is 0 Å². The second kappa shape index (κ2) is 5.10. The highest BCUT2D eigenvalue weighted by Gasteiger charge is 2.10. The smallest absolute Gasteiger partial charge is 0.141 e. The molecule has 0 unspecified atom stereocenters. The van der Waals surface area contributed by atoms with Gasteiger partial charge in [-0.3, -0.25) is 5.41 Å². The van der Waals surface area contributed by atoms with Crippen LogP contribution in [0.3, 0.4) is 0 Å².